The molecule has 0 unspecified atom stereocenters. The molecule has 0 N–H and O–H groups in total. The van der Waals surface area contributed by atoms with Crippen molar-refractivity contribution >= 4 is 108 Å². The first-order valence-electron chi connectivity index (χ1n) is 15.4. The van der Waals surface area contributed by atoms with Gasteiger partial charge in [-0.1, -0.05) is 24.3 Å². The van der Waals surface area contributed by atoms with Crippen LogP contribution in [0.25, 0.3) is 98.0 Å². The molecule has 48 heavy (non-hydrogen) atoms. The van der Waals surface area contributed by atoms with E-state index in [2.05, 4.69) is 0 Å². The monoisotopic (exact) mass is 642 g/mol. The molecule has 11 heteroatoms. The van der Waals surface area contributed by atoms with Crippen LogP contribution in [0.5, 0.6) is 11.5 Å². The highest BCUT2D eigenvalue weighted by molar-refractivity contribution is 7.87. The number of benzene rings is 7. The molecule has 7 aromatic carbocycles. The maximum atomic E-state index is 14.4. The molecule has 2 aliphatic rings. The lowest BCUT2D eigenvalue weighted by molar-refractivity contribution is 0.309. The lowest BCUT2D eigenvalue weighted by Crippen LogP contribution is -2.19. The van der Waals surface area contributed by atoms with Gasteiger partial charge in [-0.3, -0.25) is 18.4 Å². The SMILES string of the molecule is O=c1c2cc3c4c5c(cc6c(=O)n7c8ccccc8nc7c7cc8c(c9c(cc(c2c49)c2nc4ccccc4n12)OS8(=O)=O)c5c67)CO3. The van der Waals surface area contributed by atoms with E-state index in [-0.39, 0.29) is 28.4 Å². The molecule has 13 rings (SSSR count). The number of hydrogen-bond acceptors (Lipinski definition) is 8. The Bertz CT molecular complexity index is 3660. The number of pyridine rings is 2. The third-order valence-electron chi connectivity index (χ3n) is 10.6. The van der Waals surface area contributed by atoms with Crippen LogP contribution in [0.1, 0.15) is 5.56 Å². The summed E-state index contributed by atoms with van der Waals surface area (Å²) in [6, 6.07) is 21.7. The van der Waals surface area contributed by atoms with E-state index < -0.39 is 10.1 Å². The standard InChI is InChI=1S/C37H14N4O6S/c42-36-17-9-14-13-46-23-11-18-27-15(34-38-19-5-1-3-7-21(19)40(34)37(18)43)10-24-30-31-25(48(44,45)47-24)12-16(28(17)32(31)26(14)29(23)33(27)30)35-39-20-6-2-4-8-22(20)41(35)36/h1-12H,13H2. The molecule has 0 aliphatic carbocycles. The molecule has 0 saturated carbocycles. The predicted octanol–water partition coefficient (Wildman–Crippen LogP) is 6.21. The zero-order valence-electron chi connectivity index (χ0n) is 24.3. The Hall–Kier alpha value is -6.33. The Labute approximate surface area is 265 Å². The molecular formula is C37H14N4O6S. The van der Waals surface area contributed by atoms with Gasteiger partial charge in [0.2, 0.25) is 0 Å². The van der Waals surface area contributed by atoms with E-state index >= 15 is 0 Å². The van der Waals surface area contributed by atoms with Crippen molar-refractivity contribution in [2.24, 2.45) is 0 Å². The Morgan fingerprint density at radius 2 is 1.15 bits per heavy atom. The molecule has 4 aromatic heterocycles. The van der Waals surface area contributed by atoms with Gasteiger partial charge in [-0.05, 0) is 54.1 Å². The summed E-state index contributed by atoms with van der Waals surface area (Å²) in [5, 5.41) is 7.28. The summed E-state index contributed by atoms with van der Waals surface area (Å²) < 4.78 is 44.0. The molecule has 0 amide bonds. The van der Waals surface area contributed by atoms with Crippen molar-refractivity contribution in [3.05, 3.63) is 99.1 Å². The first-order chi connectivity index (χ1) is 23.4. The van der Waals surface area contributed by atoms with Crippen molar-refractivity contribution in [3.8, 4) is 11.5 Å². The third kappa shape index (κ3) is 2.33. The highest BCUT2D eigenvalue weighted by atomic mass is 32.2. The van der Waals surface area contributed by atoms with Gasteiger partial charge in [0, 0.05) is 59.2 Å². The van der Waals surface area contributed by atoms with Crippen LogP contribution in [-0.4, -0.2) is 27.2 Å². The van der Waals surface area contributed by atoms with E-state index in [0.29, 0.717) is 93.0 Å². The predicted molar refractivity (Wildman–Crippen MR) is 182 cm³/mol. The van der Waals surface area contributed by atoms with Gasteiger partial charge in [0.25, 0.3) is 11.1 Å². The van der Waals surface area contributed by atoms with Gasteiger partial charge in [-0.2, -0.15) is 8.42 Å². The highest BCUT2D eigenvalue weighted by Gasteiger charge is 2.37. The molecule has 6 heterocycles. The van der Waals surface area contributed by atoms with Crippen LogP contribution in [0.2, 0.25) is 0 Å². The van der Waals surface area contributed by atoms with Crippen LogP contribution < -0.4 is 20.0 Å². The number of fused-ring (bicyclic) bond motifs is 8. The van der Waals surface area contributed by atoms with E-state index in [4.69, 9.17) is 18.9 Å². The van der Waals surface area contributed by atoms with E-state index in [9.17, 15) is 18.0 Å². The van der Waals surface area contributed by atoms with E-state index in [1.54, 1.807) is 27.0 Å². The minimum Gasteiger partial charge on any atom is -0.488 e. The first-order valence-corrected chi connectivity index (χ1v) is 16.8. The van der Waals surface area contributed by atoms with Gasteiger partial charge >= 0.3 is 10.1 Å². The second kappa shape index (κ2) is 7.14. The van der Waals surface area contributed by atoms with Crippen LogP contribution in [0.3, 0.4) is 0 Å². The van der Waals surface area contributed by atoms with Gasteiger partial charge < -0.3 is 8.92 Å². The molecule has 224 valence electrons. The topological polar surface area (TPSA) is 121 Å². The summed E-state index contributed by atoms with van der Waals surface area (Å²) in [6.45, 7) is 0.138. The van der Waals surface area contributed by atoms with Gasteiger partial charge in [0.05, 0.1) is 27.5 Å². The van der Waals surface area contributed by atoms with E-state index in [1.807, 2.05) is 54.6 Å². The maximum Gasteiger partial charge on any atom is 0.339 e. The number of hydrogen-bond donors (Lipinski definition) is 0. The van der Waals surface area contributed by atoms with Crippen molar-refractivity contribution in [2.75, 3.05) is 0 Å². The summed E-state index contributed by atoms with van der Waals surface area (Å²) >= 11 is 0. The van der Waals surface area contributed by atoms with Crippen LogP contribution in [0.15, 0.2) is 87.3 Å². The van der Waals surface area contributed by atoms with Crippen molar-refractivity contribution in [1.82, 2.24) is 18.8 Å². The Balaban J connectivity index is 1.40. The summed E-state index contributed by atoms with van der Waals surface area (Å²) in [6.07, 6.45) is 0. The second-order valence-corrected chi connectivity index (χ2v) is 14.3. The quantitative estimate of drug-likeness (QED) is 0.109. The largest absolute Gasteiger partial charge is 0.488 e. The number of rotatable bonds is 0. The smallest absolute Gasteiger partial charge is 0.339 e. The Morgan fingerprint density at radius 1 is 0.583 bits per heavy atom. The highest BCUT2D eigenvalue weighted by Crippen LogP contribution is 2.56. The minimum atomic E-state index is -4.34. The van der Waals surface area contributed by atoms with Crippen LogP contribution in [0, 0.1) is 0 Å². The van der Waals surface area contributed by atoms with Crippen LogP contribution >= 0.6 is 0 Å². The fourth-order valence-corrected chi connectivity index (χ4v) is 10.0. The molecule has 0 fully saturated rings. The normalized spacial score (nSPS) is 15.4. The fourth-order valence-electron chi connectivity index (χ4n) is 8.85. The molecule has 0 saturated heterocycles. The number of nitrogens with zero attached hydrogens (tertiary/aromatic N) is 4. The van der Waals surface area contributed by atoms with Crippen molar-refractivity contribution in [2.45, 2.75) is 11.5 Å². The van der Waals surface area contributed by atoms with Gasteiger partial charge in [-0.25, -0.2) is 9.97 Å². The summed E-state index contributed by atoms with van der Waals surface area (Å²) in [4.78, 5) is 38.4. The molecule has 0 radical (unpaired) electrons. The lowest BCUT2D eigenvalue weighted by atomic mass is 9.82. The van der Waals surface area contributed by atoms with Gasteiger partial charge in [0.1, 0.15) is 28.5 Å². The zero-order chi connectivity index (χ0) is 31.5. The first kappa shape index (κ1) is 23.9. The van der Waals surface area contributed by atoms with E-state index in [0.717, 1.165) is 16.3 Å². The molecule has 11 aromatic rings. The summed E-state index contributed by atoms with van der Waals surface area (Å²) in [5.41, 5.74) is 3.64. The summed E-state index contributed by atoms with van der Waals surface area (Å²) in [7, 11) is -4.34. The molecule has 2 aliphatic heterocycles. The molecule has 0 bridgehead atoms. The fraction of sp³-hybridized carbons (Fsp3) is 0.0270. The Kier molecular flexibility index (Phi) is 3.56. The number of para-hydroxylation sites is 4. The van der Waals surface area contributed by atoms with Crippen molar-refractivity contribution in [1.29, 1.82) is 0 Å². The molecule has 10 nitrogen and oxygen atoms in total. The van der Waals surface area contributed by atoms with Crippen molar-refractivity contribution < 1.29 is 17.3 Å². The number of aromatic nitrogens is 4. The molecule has 0 atom stereocenters. The zero-order valence-corrected chi connectivity index (χ0v) is 25.1. The van der Waals surface area contributed by atoms with Crippen molar-refractivity contribution in [3.63, 3.8) is 0 Å². The maximum absolute atomic E-state index is 14.4. The number of ether oxygens (including phenoxy) is 1. The van der Waals surface area contributed by atoms with E-state index in [1.165, 1.54) is 0 Å². The lowest BCUT2D eigenvalue weighted by Gasteiger charge is -2.29. The average Bonchev–Trinajstić information content (AvgIpc) is 3.68. The molecular weight excluding hydrogens is 628 g/mol. The minimum absolute atomic E-state index is 0.00132. The number of imidazole rings is 2. The summed E-state index contributed by atoms with van der Waals surface area (Å²) in [5.74, 6) is 0.659. The van der Waals surface area contributed by atoms with Gasteiger partial charge in [0.15, 0.2) is 5.75 Å². The van der Waals surface area contributed by atoms with Crippen LogP contribution in [0.4, 0.5) is 0 Å². The average molecular weight is 643 g/mol. The Morgan fingerprint density at radius 3 is 1.83 bits per heavy atom. The second-order valence-electron chi connectivity index (χ2n) is 12.8. The third-order valence-corrected chi connectivity index (χ3v) is 11.9. The molecule has 0 spiro atoms. The van der Waals surface area contributed by atoms with Gasteiger partial charge in [-0.15, -0.1) is 0 Å². The van der Waals surface area contributed by atoms with Crippen LogP contribution in [-0.2, 0) is 16.7 Å².